The Kier molecular flexibility index (Phi) is 6.82. The quantitative estimate of drug-likeness (QED) is 0.189. The molecular formula is C27H18F5N5O. The van der Waals surface area contributed by atoms with Crippen LogP contribution in [0.4, 0.5) is 27.8 Å². The highest BCUT2D eigenvalue weighted by Crippen LogP contribution is 2.37. The topological polar surface area (TPSA) is 83.6 Å². The van der Waals surface area contributed by atoms with E-state index in [-0.39, 0.29) is 22.6 Å². The summed E-state index contributed by atoms with van der Waals surface area (Å²) < 4.78 is 67.9. The highest BCUT2D eigenvalue weighted by atomic mass is 19.3. The maximum Gasteiger partial charge on any atom is 0.239 e. The Morgan fingerprint density at radius 1 is 0.895 bits per heavy atom. The van der Waals surface area contributed by atoms with Crippen LogP contribution < -0.4 is 5.32 Å². The lowest BCUT2D eigenvalue weighted by Crippen LogP contribution is -2.23. The molecule has 0 aliphatic heterocycles. The SMILES string of the molecule is O=C(Nc1cc(-c2[nH]c3ccc(F)nc3c2-c2cc(F)ccn2)ccn1)[C@@H](CC(F)F)c1ccc(F)cc1. The molecule has 2 N–H and O–H groups in total. The number of aromatic nitrogens is 4. The summed E-state index contributed by atoms with van der Waals surface area (Å²) in [6.45, 7) is 0. The summed E-state index contributed by atoms with van der Waals surface area (Å²) in [4.78, 5) is 28.4. The Morgan fingerprint density at radius 2 is 1.66 bits per heavy atom. The van der Waals surface area contributed by atoms with Crippen molar-refractivity contribution in [3.63, 3.8) is 0 Å². The fraction of sp³-hybridized carbons (Fsp3) is 0.111. The van der Waals surface area contributed by atoms with Crippen LogP contribution in [0, 0.1) is 17.6 Å². The van der Waals surface area contributed by atoms with E-state index in [4.69, 9.17) is 0 Å². The molecule has 1 aromatic carbocycles. The van der Waals surface area contributed by atoms with Crippen LogP contribution in [0.25, 0.3) is 33.5 Å². The van der Waals surface area contributed by atoms with Crippen molar-refractivity contribution in [1.29, 1.82) is 0 Å². The summed E-state index contributed by atoms with van der Waals surface area (Å²) in [5, 5.41) is 2.54. The van der Waals surface area contributed by atoms with E-state index in [1.807, 2.05) is 0 Å². The summed E-state index contributed by atoms with van der Waals surface area (Å²) in [5.74, 6) is -3.82. The minimum Gasteiger partial charge on any atom is -0.353 e. The molecule has 1 atom stereocenters. The minimum atomic E-state index is -2.78. The van der Waals surface area contributed by atoms with E-state index >= 15 is 0 Å². The van der Waals surface area contributed by atoms with Gasteiger partial charge in [-0.05, 0) is 48.0 Å². The number of fused-ring (bicyclic) bond motifs is 1. The second kappa shape index (κ2) is 10.4. The van der Waals surface area contributed by atoms with E-state index in [2.05, 4.69) is 25.3 Å². The molecule has 0 radical (unpaired) electrons. The lowest BCUT2D eigenvalue weighted by atomic mass is 9.95. The van der Waals surface area contributed by atoms with Crippen LogP contribution in [0.15, 0.2) is 73.1 Å². The third-order valence-electron chi connectivity index (χ3n) is 5.89. The number of pyridine rings is 3. The first-order chi connectivity index (χ1) is 18.3. The molecule has 6 nitrogen and oxygen atoms in total. The fourth-order valence-electron chi connectivity index (χ4n) is 4.19. The van der Waals surface area contributed by atoms with Gasteiger partial charge in [0.05, 0.1) is 28.4 Å². The highest BCUT2D eigenvalue weighted by Gasteiger charge is 2.26. The third kappa shape index (κ3) is 5.22. The molecule has 0 bridgehead atoms. The average molecular weight is 523 g/mol. The molecule has 0 aliphatic rings. The van der Waals surface area contributed by atoms with E-state index in [9.17, 15) is 26.7 Å². The first-order valence-corrected chi connectivity index (χ1v) is 11.4. The molecule has 192 valence electrons. The lowest BCUT2D eigenvalue weighted by Gasteiger charge is -2.17. The van der Waals surface area contributed by atoms with E-state index in [0.29, 0.717) is 22.3 Å². The number of carbonyl (C=O) groups is 1. The largest absolute Gasteiger partial charge is 0.353 e. The van der Waals surface area contributed by atoms with E-state index in [0.717, 1.165) is 12.1 Å². The maximum atomic E-state index is 14.0. The second-order valence-electron chi connectivity index (χ2n) is 8.41. The van der Waals surface area contributed by atoms with Gasteiger partial charge in [-0.25, -0.2) is 27.5 Å². The van der Waals surface area contributed by atoms with Crippen LogP contribution in [-0.2, 0) is 4.79 Å². The number of rotatable bonds is 7. The number of carbonyl (C=O) groups excluding carboxylic acids is 1. The zero-order valence-corrected chi connectivity index (χ0v) is 19.4. The van der Waals surface area contributed by atoms with Crippen LogP contribution in [0.1, 0.15) is 17.9 Å². The number of amides is 1. The van der Waals surface area contributed by atoms with Gasteiger partial charge in [0.15, 0.2) is 0 Å². The first-order valence-electron chi connectivity index (χ1n) is 11.4. The zero-order valence-electron chi connectivity index (χ0n) is 19.4. The standard InChI is InChI=1S/C27H18F5N5O/c28-16-3-1-14(2-4-16)18(13-21(30)31)27(38)37-23-11-15(7-9-34-23)25-24(20-12-17(29)8-10-33-20)26-19(35-25)5-6-22(32)36-26/h1-12,18,21,35H,13H2,(H,34,37,38)/t18-/m0/s1. The van der Waals surface area contributed by atoms with Crippen molar-refractivity contribution >= 4 is 22.8 Å². The van der Waals surface area contributed by atoms with Crippen LogP contribution >= 0.6 is 0 Å². The Morgan fingerprint density at radius 3 is 2.39 bits per heavy atom. The molecule has 38 heavy (non-hydrogen) atoms. The second-order valence-corrected chi connectivity index (χ2v) is 8.41. The Balaban J connectivity index is 1.53. The zero-order chi connectivity index (χ0) is 26.8. The van der Waals surface area contributed by atoms with Crippen LogP contribution in [0.3, 0.4) is 0 Å². The lowest BCUT2D eigenvalue weighted by molar-refractivity contribution is -0.118. The van der Waals surface area contributed by atoms with Gasteiger partial charge in [0.2, 0.25) is 18.3 Å². The van der Waals surface area contributed by atoms with Crippen LogP contribution in [-0.4, -0.2) is 32.3 Å². The summed E-state index contributed by atoms with van der Waals surface area (Å²) in [7, 11) is 0. The molecule has 5 aromatic rings. The molecule has 11 heteroatoms. The predicted molar refractivity (Wildman–Crippen MR) is 131 cm³/mol. The van der Waals surface area contributed by atoms with Gasteiger partial charge in [-0.1, -0.05) is 12.1 Å². The van der Waals surface area contributed by atoms with Gasteiger partial charge in [-0.2, -0.15) is 4.39 Å². The van der Waals surface area contributed by atoms with Crippen molar-refractivity contribution in [1.82, 2.24) is 19.9 Å². The normalized spacial score (nSPS) is 12.2. The Bertz CT molecular complexity index is 1620. The number of benzene rings is 1. The van der Waals surface area contributed by atoms with Gasteiger partial charge in [0.25, 0.3) is 0 Å². The third-order valence-corrected chi connectivity index (χ3v) is 5.89. The minimum absolute atomic E-state index is 0.0461. The number of halogens is 5. The summed E-state index contributed by atoms with van der Waals surface area (Å²) in [6, 6.07) is 12.8. The Hall–Kier alpha value is -4.67. The number of H-pyrrole nitrogens is 1. The number of anilines is 1. The fourth-order valence-corrected chi connectivity index (χ4v) is 4.19. The summed E-state index contributed by atoms with van der Waals surface area (Å²) >= 11 is 0. The van der Waals surface area contributed by atoms with Crippen molar-refractivity contribution in [2.75, 3.05) is 5.32 Å². The molecule has 4 aromatic heterocycles. The number of hydrogen-bond donors (Lipinski definition) is 2. The van der Waals surface area contributed by atoms with Crippen molar-refractivity contribution in [3.05, 3.63) is 96.2 Å². The molecular weight excluding hydrogens is 505 g/mol. The van der Waals surface area contributed by atoms with Gasteiger partial charge < -0.3 is 10.3 Å². The molecule has 0 unspecified atom stereocenters. The Labute approximate surface area is 212 Å². The molecule has 4 heterocycles. The first kappa shape index (κ1) is 25.0. The molecule has 0 saturated carbocycles. The highest BCUT2D eigenvalue weighted by molar-refractivity contribution is 6.01. The predicted octanol–water partition coefficient (Wildman–Crippen LogP) is 6.48. The van der Waals surface area contributed by atoms with Gasteiger partial charge in [-0.15, -0.1) is 0 Å². The monoisotopic (exact) mass is 523 g/mol. The molecule has 0 aliphatic carbocycles. The number of hydrogen-bond acceptors (Lipinski definition) is 4. The van der Waals surface area contributed by atoms with Gasteiger partial charge in [0.1, 0.15) is 23.0 Å². The smallest absolute Gasteiger partial charge is 0.239 e. The van der Waals surface area contributed by atoms with Crippen LogP contribution in [0.5, 0.6) is 0 Å². The number of nitrogens with one attached hydrogen (secondary N) is 2. The van der Waals surface area contributed by atoms with Crippen LogP contribution in [0.2, 0.25) is 0 Å². The van der Waals surface area contributed by atoms with E-state index in [1.54, 1.807) is 6.07 Å². The van der Waals surface area contributed by atoms with Crippen molar-refractivity contribution in [2.24, 2.45) is 0 Å². The molecule has 0 spiro atoms. The van der Waals surface area contributed by atoms with Gasteiger partial charge in [-0.3, -0.25) is 9.78 Å². The van der Waals surface area contributed by atoms with E-state index in [1.165, 1.54) is 54.9 Å². The molecule has 0 fully saturated rings. The number of nitrogens with zero attached hydrogens (tertiary/aromatic N) is 3. The average Bonchev–Trinajstić information content (AvgIpc) is 3.26. The van der Waals surface area contributed by atoms with Gasteiger partial charge >= 0.3 is 0 Å². The van der Waals surface area contributed by atoms with E-state index < -0.39 is 42.3 Å². The molecule has 1 amide bonds. The molecule has 5 rings (SSSR count). The maximum absolute atomic E-state index is 14.0. The van der Waals surface area contributed by atoms with Crippen molar-refractivity contribution in [2.45, 2.75) is 18.8 Å². The van der Waals surface area contributed by atoms with Crippen molar-refractivity contribution < 1.29 is 26.7 Å². The molecule has 0 saturated heterocycles. The number of aromatic amines is 1. The summed E-state index contributed by atoms with van der Waals surface area (Å²) in [6.07, 6.45) is -0.904. The van der Waals surface area contributed by atoms with Crippen molar-refractivity contribution in [3.8, 4) is 22.5 Å². The summed E-state index contributed by atoms with van der Waals surface area (Å²) in [5.41, 5.74) is 2.28. The van der Waals surface area contributed by atoms with Gasteiger partial charge in [0, 0.05) is 30.4 Å². The number of alkyl halides is 2.